The number of hydrogen-bond acceptors (Lipinski definition) is 2. The van der Waals surface area contributed by atoms with Crippen LogP contribution in [0.1, 0.15) is 31.4 Å². The Kier molecular flexibility index (Phi) is 3.28. The summed E-state index contributed by atoms with van der Waals surface area (Å²) in [6.45, 7) is 4.69. The van der Waals surface area contributed by atoms with Crippen molar-refractivity contribution in [3.8, 4) is 5.75 Å². The summed E-state index contributed by atoms with van der Waals surface area (Å²) in [4.78, 5) is 11.6. The zero-order valence-corrected chi connectivity index (χ0v) is 9.95. The van der Waals surface area contributed by atoms with Crippen molar-refractivity contribution in [2.45, 2.75) is 33.1 Å². The predicted molar refractivity (Wildman–Crippen MR) is 63.8 cm³/mol. The van der Waals surface area contributed by atoms with Crippen LogP contribution >= 0.6 is 0 Å². The lowest BCUT2D eigenvalue weighted by molar-refractivity contribution is -0.121. The number of aryl methyl sites for hydroxylation is 1. The molecule has 2 nitrogen and oxygen atoms in total. The van der Waals surface area contributed by atoms with E-state index in [2.05, 4.69) is 18.2 Å². The lowest BCUT2D eigenvalue weighted by Crippen LogP contribution is -2.08. The van der Waals surface area contributed by atoms with Crippen molar-refractivity contribution in [2.75, 3.05) is 6.61 Å². The van der Waals surface area contributed by atoms with E-state index < -0.39 is 0 Å². The molecule has 0 atom stereocenters. The van der Waals surface area contributed by atoms with Crippen molar-refractivity contribution in [1.82, 2.24) is 0 Å². The number of Topliss-reactive ketones (excluding diaryl/α,β-unsaturated/α-hetero) is 1. The van der Waals surface area contributed by atoms with Gasteiger partial charge in [0.25, 0.3) is 0 Å². The third-order valence-electron chi connectivity index (χ3n) is 3.08. The Morgan fingerprint density at radius 2 is 2.25 bits per heavy atom. The maximum absolute atomic E-state index is 11.6. The van der Waals surface area contributed by atoms with Crippen LogP contribution < -0.4 is 4.74 Å². The van der Waals surface area contributed by atoms with Crippen LogP contribution in [-0.4, -0.2) is 12.4 Å². The molecular formula is C14H18O2. The number of ether oxygens (including phenoxy) is 1. The van der Waals surface area contributed by atoms with Crippen molar-refractivity contribution < 1.29 is 9.53 Å². The highest BCUT2D eigenvalue weighted by atomic mass is 16.5. The lowest BCUT2D eigenvalue weighted by atomic mass is 9.99. The van der Waals surface area contributed by atoms with Crippen molar-refractivity contribution >= 4 is 5.78 Å². The Hall–Kier alpha value is -1.31. The number of para-hydroxylation sites is 1. The first kappa shape index (κ1) is 11.2. The molecule has 1 aliphatic heterocycles. The maximum atomic E-state index is 11.6. The van der Waals surface area contributed by atoms with Crippen LogP contribution in [0.4, 0.5) is 0 Å². The molecule has 2 heteroatoms. The molecule has 0 fully saturated rings. The summed E-state index contributed by atoms with van der Waals surface area (Å²) in [5.74, 6) is 1.49. The molecule has 0 saturated carbocycles. The van der Waals surface area contributed by atoms with Gasteiger partial charge in [0, 0.05) is 18.8 Å². The summed E-state index contributed by atoms with van der Waals surface area (Å²) in [5.41, 5.74) is 2.47. The molecule has 0 unspecified atom stereocenters. The van der Waals surface area contributed by atoms with E-state index in [0.717, 1.165) is 25.2 Å². The minimum absolute atomic E-state index is 0.137. The van der Waals surface area contributed by atoms with Crippen LogP contribution in [0.25, 0.3) is 0 Å². The van der Waals surface area contributed by atoms with E-state index in [1.54, 1.807) is 0 Å². The molecule has 1 aromatic carbocycles. The Labute approximate surface area is 96.6 Å². The molecule has 2 rings (SSSR count). The minimum Gasteiger partial charge on any atom is -0.493 e. The quantitative estimate of drug-likeness (QED) is 0.776. The molecule has 1 aromatic rings. The zero-order valence-electron chi connectivity index (χ0n) is 9.95. The fourth-order valence-corrected chi connectivity index (χ4v) is 2.03. The molecule has 0 saturated heterocycles. The van der Waals surface area contributed by atoms with Gasteiger partial charge in [-0.05, 0) is 17.5 Å². The van der Waals surface area contributed by atoms with Crippen LogP contribution in [0.3, 0.4) is 0 Å². The normalized spacial score (nSPS) is 13.7. The van der Waals surface area contributed by atoms with Crippen molar-refractivity contribution in [2.24, 2.45) is 5.92 Å². The number of hydrogen-bond donors (Lipinski definition) is 0. The molecule has 1 heterocycles. The highest BCUT2D eigenvalue weighted by Crippen LogP contribution is 2.30. The topological polar surface area (TPSA) is 26.3 Å². The second kappa shape index (κ2) is 4.69. The van der Waals surface area contributed by atoms with Crippen LogP contribution in [0.2, 0.25) is 0 Å². The Bertz CT molecular complexity index is 394. The maximum Gasteiger partial charge on any atom is 0.135 e. The molecule has 0 bridgehead atoms. The van der Waals surface area contributed by atoms with E-state index in [0.29, 0.717) is 12.2 Å². The van der Waals surface area contributed by atoms with E-state index in [4.69, 9.17) is 4.74 Å². The average Bonchev–Trinajstić information content (AvgIpc) is 2.73. The number of fused-ring (bicyclic) bond motifs is 1. The van der Waals surface area contributed by atoms with Crippen molar-refractivity contribution in [3.05, 3.63) is 29.3 Å². The van der Waals surface area contributed by atoms with Gasteiger partial charge in [-0.25, -0.2) is 0 Å². The number of carbonyl (C=O) groups is 1. The van der Waals surface area contributed by atoms with Crippen LogP contribution in [-0.2, 0) is 17.6 Å². The molecule has 0 aromatic heterocycles. The summed E-state index contributed by atoms with van der Waals surface area (Å²) in [6.07, 6.45) is 2.43. The van der Waals surface area contributed by atoms with Gasteiger partial charge >= 0.3 is 0 Å². The summed E-state index contributed by atoms with van der Waals surface area (Å²) in [6, 6.07) is 6.23. The molecular weight excluding hydrogens is 200 g/mol. The molecule has 0 spiro atoms. The van der Waals surface area contributed by atoms with Gasteiger partial charge in [0.05, 0.1) is 6.61 Å². The van der Waals surface area contributed by atoms with Crippen molar-refractivity contribution in [3.63, 3.8) is 0 Å². The fourth-order valence-electron chi connectivity index (χ4n) is 2.03. The van der Waals surface area contributed by atoms with Gasteiger partial charge in [0.2, 0.25) is 0 Å². The van der Waals surface area contributed by atoms with Gasteiger partial charge in [-0.1, -0.05) is 32.0 Å². The molecule has 0 amide bonds. The molecule has 86 valence electrons. The van der Waals surface area contributed by atoms with Gasteiger partial charge in [-0.3, -0.25) is 4.79 Å². The molecule has 0 radical (unpaired) electrons. The third kappa shape index (κ3) is 2.26. The lowest BCUT2D eigenvalue weighted by Gasteiger charge is -2.08. The number of rotatable bonds is 4. The van der Waals surface area contributed by atoms with Crippen molar-refractivity contribution in [1.29, 1.82) is 0 Å². The molecule has 16 heavy (non-hydrogen) atoms. The molecule has 1 aliphatic rings. The van der Waals surface area contributed by atoms with Crippen LogP contribution in [0.15, 0.2) is 18.2 Å². The SMILES string of the molecule is CC(C)C(=O)CCc1cccc2c1OCC2. The Morgan fingerprint density at radius 3 is 3.00 bits per heavy atom. The zero-order chi connectivity index (χ0) is 11.5. The predicted octanol–water partition coefficient (Wildman–Crippen LogP) is 2.78. The Morgan fingerprint density at radius 1 is 1.44 bits per heavy atom. The minimum atomic E-state index is 0.137. The average molecular weight is 218 g/mol. The van der Waals surface area contributed by atoms with Crippen LogP contribution in [0, 0.1) is 5.92 Å². The smallest absolute Gasteiger partial charge is 0.135 e. The van der Waals surface area contributed by atoms with E-state index in [-0.39, 0.29) is 5.92 Å². The highest BCUT2D eigenvalue weighted by molar-refractivity contribution is 5.80. The first-order chi connectivity index (χ1) is 7.68. The highest BCUT2D eigenvalue weighted by Gasteiger charge is 2.16. The number of benzene rings is 1. The van der Waals surface area contributed by atoms with E-state index in [9.17, 15) is 4.79 Å². The van der Waals surface area contributed by atoms with Gasteiger partial charge in [-0.15, -0.1) is 0 Å². The summed E-state index contributed by atoms with van der Waals surface area (Å²) in [5, 5.41) is 0. The summed E-state index contributed by atoms with van der Waals surface area (Å²) < 4.78 is 5.61. The van der Waals surface area contributed by atoms with Gasteiger partial charge < -0.3 is 4.74 Å². The summed E-state index contributed by atoms with van der Waals surface area (Å²) in [7, 11) is 0. The molecule has 0 N–H and O–H groups in total. The van der Waals surface area contributed by atoms with Crippen LogP contribution in [0.5, 0.6) is 5.75 Å². The van der Waals surface area contributed by atoms with Gasteiger partial charge in [0.1, 0.15) is 11.5 Å². The number of carbonyl (C=O) groups excluding carboxylic acids is 1. The summed E-state index contributed by atoms with van der Waals surface area (Å²) >= 11 is 0. The fraction of sp³-hybridized carbons (Fsp3) is 0.500. The standard InChI is InChI=1S/C14H18O2/c1-10(2)13(15)7-6-11-4-3-5-12-8-9-16-14(11)12/h3-5,10H,6-9H2,1-2H3. The largest absolute Gasteiger partial charge is 0.493 e. The Balaban J connectivity index is 2.05. The number of ketones is 1. The second-order valence-corrected chi connectivity index (χ2v) is 4.62. The van der Waals surface area contributed by atoms with E-state index in [1.165, 1.54) is 11.1 Å². The first-order valence-electron chi connectivity index (χ1n) is 5.94. The van der Waals surface area contributed by atoms with Gasteiger partial charge in [0.15, 0.2) is 0 Å². The monoisotopic (exact) mass is 218 g/mol. The van der Waals surface area contributed by atoms with E-state index in [1.807, 2.05) is 13.8 Å². The second-order valence-electron chi connectivity index (χ2n) is 4.62. The van der Waals surface area contributed by atoms with Gasteiger partial charge in [-0.2, -0.15) is 0 Å². The first-order valence-corrected chi connectivity index (χ1v) is 5.94. The van der Waals surface area contributed by atoms with E-state index >= 15 is 0 Å². The molecule has 0 aliphatic carbocycles. The third-order valence-corrected chi connectivity index (χ3v) is 3.08.